The van der Waals surface area contributed by atoms with Gasteiger partial charge in [-0.05, 0) is 11.5 Å². The number of thiophene rings is 1. The average molecular weight is 212 g/mol. The van der Waals surface area contributed by atoms with Gasteiger partial charge in [0.2, 0.25) is 0 Å². The molecule has 2 aromatic rings. The van der Waals surface area contributed by atoms with E-state index in [0.29, 0.717) is 5.39 Å². The van der Waals surface area contributed by atoms with Gasteiger partial charge in [-0.1, -0.05) is 23.5 Å². The Bertz CT molecular complexity index is 483. The first-order chi connectivity index (χ1) is 6.59. The number of halogens is 1. The number of fused-ring (bicyclic) bond motifs is 1. The maximum atomic E-state index is 13.5. The number of benzene rings is 1. The van der Waals surface area contributed by atoms with Crippen LogP contribution in [0.2, 0.25) is 0 Å². The van der Waals surface area contributed by atoms with Crippen LogP contribution in [0.15, 0.2) is 18.2 Å². The van der Waals surface area contributed by atoms with Gasteiger partial charge in [-0.25, -0.2) is 4.39 Å². The molecule has 0 unspecified atom stereocenters. The second-order valence-corrected chi connectivity index (χ2v) is 3.88. The van der Waals surface area contributed by atoms with Gasteiger partial charge in [0.05, 0.1) is 4.70 Å². The molecule has 0 aliphatic rings. The van der Waals surface area contributed by atoms with E-state index in [1.165, 1.54) is 18.2 Å². The molecule has 3 N–H and O–H groups in total. The molecule has 0 saturated carbocycles. The molecule has 0 amide bonds. The predicted octanol–water partition coefficient (Wildman–Crippen LogP) is 0.426. The van der Waals surface area contributed by atoms with Crippen LogP contribution in [0.3, 0.4) is 0 Å². The topological polar surface area (TPSA) is 60.7 Å². The summed E-state index contributed by atoms with van der Waals surface area (Å²) in [5.74, 6) is -0.692. The molecule has 1 aromatic carbocycles. The van der Waals surface area contributed by atoms with Gasteiger partial charge in [0.1, 0.15) is 5.82 Å². The molecule has 72 valence electrons. The second kappa shape index (κ2) is 3.23. The highest BCUT2D eigenvalue weighted by Crippen LogP contribution is 2.31. The standard InChI is InChI=1S/C8H6BFO3S/c10-7-5(9(12)13)2-1-4-3-6(11)14-8(4)7/h1-3,11-13H. The lowest BCUT2D eigenvalue weighted by Gasteiger charge is -2.01. The van der Waals surface area contributed by atoms with E-state index in [1.807, 2.05) is 0 Å². The smallest absolute Gasteiger partial charge is 0.491 e. The van der Waals surface area contributed by atoms with Gasteiger partial charge in [-0.15, -0.1) is 0 Å². The second-order valence-electron chi connectivity index (χ2n) is 2.85. The van der Waals surface area contributed by atoms with Gasteiger partial charge >= 0.3 is 7.12 Å². The summed E-state index contributed by atoms with van der Waals surface area (Å²) in [4.78, 5) is 0. The van der Waals surface area contributed by atoms with Gasteiger partial charge < -0.3 is 15.2 Å². The molecule has 2 rings (SSSR count). The van der Waals surface area contributed by atoms with Gasteiger partial charge in [-0.3, -0.25) is 0 Å². The summed E-state index contributed by atoms with van der Waals surface area (Å²) < 4.78 is 13.7. The first-order valence-electron chi connectivity index (χ1n) is 3.86. The molecule has 0 aliphatic heterocycles. The Balaban J connectivity index is 2.74. The zero-order chi connectivity index (χ0) is 10.3. The zero-order valence-corrected chi connectivity index (χ0v) is 7.75. The number of aromatic hydroxyl groups is 1. The molecule has 1 aromatic heterocycles. The van der Waals surface area contributed by atoms with Crippen LogP contribution < -0.4 is 5.46 Å². The fourth-order valence-corrected chi connectivity index (χ4v) is 2.12. The summed E-state index contributed by atoms with van der Waals surface area (Å²) in [6.07, 6.45) is 0. The van der Waals surface area contributed by atoms with E-state index in [9.17, 15) is 4.39 Å². The van der Waals surface area contributed by atoms with Crippen molar-refractivity contribution in [3.63, 3.8) is 0 Å². The Morgan fingerprint density at radius 1 is 1.29 bits per heavy atom. The molecule has 14 heavy (non-hydrogen) atoms. The minimum Gasteiger partial charge on any atom is -0.499 e. The van der Waals surface area contributed by atoms with Crippen LogP contribution in [-0.4, -0.2) is 22.3 Å². The first kappa shape index (κ1) is 9.45. The first-order valence-corrected chi connectivity index (χ1v) is 4.68. The largest absolute Gasteiger partial charge is 0.499 e. The maximum absolute atomic E-state index is 13.5. The van der Waals surface area contributed by atoms with Crippen molar-refractivity contribution < 1.29 is 19.5 Å². The highest BCUT2D eigenvalue weighted by molar-refractivity contribution is 7.20. The SMILES string of the molecule is OB(O)c1ccc2cc(O)sc2c1F. The quantitative estimate of drug-likeness (QED) is 0.600. The summed E-state index contributed by atoms with van der Waals surface area (Å²) in [7, 11) is -1.83. The van der Waals surface area contributed by atoms with Crippen molar-refractivity contribution in [3.8, 4) is 5.06 Å². The predicted molar refractivity (Wildman–Crippen MR) is 53.3 cm³/mol. The van der Waals surface area contributed by atoms with Crippen molar-refractivity contribution in [2.24, 2.45) is 0 Å². The Morgan fingerprint density at radius 2 is 2.00 bits per heavy atom. The minimum atomic E-state index is -1.83. The summed E-state index contributed by atoms with van der Waals surface area (Å²) in [5.41, 5.74) is -0.181. The van der Waals surface area contributed by atoms with E-state index in [0.717, 1.165) is 11.3 Å². The van der Waals surface area contributed by atoms with Crippen molar-refractivity contribution in [2.75, 3.05) is 0 Å². The Hall–Kier alpha value is -1.11. The molecule has 0 spiro atoms. The lowest BCUT2D eigenvalue weighted by atomic mass is 9.80. The van der Waals surface area contributed by atoms with Crippen LogP contribution in [0.5, 0.6) is 5.06 Å². The molecule has 0 radical (unpaired) electrons. The third-order valence-electron chi connectivity index (χ3n) is 1.92. The minimum absolute atomic E-state index is 0.00322. The monoisotopic (exact) mass is 212 g/mol. The average Bonchev–Trinajstić information content (AvgIpc) is 2.46. The lowest BCUT2D eigenvalue weighted by Crippen LogP contribution is -2.32. The normalized spacial score (nSPS) is 10.8. The Labute approximate surface area is 83.2 Å². The molecule has 0 saturated heterocycles. The van der Waals surface area contributed by atoms with Crippen molar-refractivity contribution in [1.29, 1.82) is 0 Å². The van der Waals surface area contributed by atoms with Crippen LogP contribution in [0.4, 0.5) is 4.39 Å². The lowest BCUT2D eigenvalue weighted by molar-refractivity contribution is 0.423. The highest BCUT2D eigenvalue weighted by Gasteiger charge is 2.19. The van der Waals surface area contributed by atoms with Crippen molar-refractivity contribution in [1.82, 2.24) is 0 Å². The molecule has 0 atom stereocenters. The van der Waals surface area contributed by atoms with Crippen LogP contribution in [-0.2, 0) is 0 Å². The van der Waals surface area contributed by atoms with E-state index < -0.39 is 12.9 Å². The van der Waals surface area contributed by atoms with Crippen LogP contribution >= 0.6 is 11.3 Å². The summed E-state index contributed by atoms with van der Waals surface area (Å²) >= 11 is 0.869. The molecule has 0 aliphatic carbocycles. The summed E-state index contributed by atoms with van der Waals surface area (Å²) in [6.45, 7) is 0. The summed E-state index contributed by atoms with van der Waals surface area (Å²) in [6, 6.07) is 4.24. The van der Waals surface area contributed by atoms with Gasteiger partial charge in [0, 0.05) is 5.46 Å². The molecule has 1 heterocycles. The fraction of sp³-hybridized carbons (Fsp3) is 0. The van der Waals surface area contributed by atoms with Gasteiger partial charge in [0.25, 0.3) is 0 Å². The molecule has 6 heteroatoms. The van der Waals surface area contributed by atoms with Crippen LogP contribution in [0.25, 0.3) is 10.1 Å². The van der Waals surface area contributed by atoms with E-state index in [1.54, 1.807) is 0 Å². The van der Waals surface area contributed by atoms with Gasteiger partial charge in [0.15, 0.2) is 5.06 Å². The molecule has 3 nitrogen and oxygen atoms in total. The van der Waals surface area contributed by atoms with Crippen molar-refractivity contribution in [3.05, 3.63) is 24.0 Å². The van der Waals surface area contributed by atoms with E-state index >= 15 is 0 Å². The molecule has 0 bridgehead atoms. The van der Waals surface area contributed by atoms with E-state index in [-0.39, 0.29) is 15.2 Å². The molecular formula is C8H6BFO3S. The Morgan fingerprint density at radius 3 is 2.64 bits per heavy atom. The maximum Gasteiger partial charge on any atom is 0.491 e. The fourth-order valence-electron chi connectivity index (χ4n) is 1.27. The van der Waals surface area contributed by atoms with Gasteiger partial charge in [-0.2, -0.15) is 0 Å². The van der Waals surface area contributed by atoms with Crippen molar-refractivity contribution >= 4 is 34.0 Å². The zero-order valence-electron chi connectivity index (χ0n) is 6.94. The van der Waals surface area contributed by atoms with Crippen LogP contribution in [0, 0.1) is 5.82 Å². The summed E-state index contributed by atoms with van der Waals surface area (Å²) in [5, 5.41) is 27.3. The van der Waals surface area contributed by atoms with Crippen molar-refractivity contribution in [2.45, 2.75) is 0 Å². The molecular weight excluding hydrogens is 206 g/mol. The van der Waals surface area contributed by atoms with E-state index in [4.69, 9.17) is 15.2 Å². The third-order valence-corrected chi connectivity index (χ3v) is 2.87. The number of hydrogen-bond donors (Lipinski definition) is 3. The highest BCUT2D eigenvalue weighted by atomic mass is 32.1. The number of hydrogen-bond acceptors (Lipinski definition) is 4. The Kier molecular flexibility index (Phi) is 2.18. The molecule has 0 fully saturated rings. The number of rotatable bonds is 1. The van der Waals surface area contributed by atoms with Crippen LogP contribution in [0.1, 0.15) is 0 Å². The third kappa shape index (κ3) is 1.37. The van der Waals surface area contributed by atoms with E-state index in [2.05, 4.69) is 0 Å².